The minimum atomic E-state index is 0.400. The maximum Gasteiger partial charge on any atom is 0.219 e. The van der Waals surface area contributed by atoms with Crippen molar-refractivity contribution in [3.05, 3.63) is 29.3 Å². The maximum absolute atomic E-state index is 5.69. The molecule has 0 amide bonds. The van der Waals surface area contributed by atoms with Crippen LogP contribution in [0.3, 0.4) is 0 Å². The quantitative estimate of drug-likeness (QED) is 0.491. The lowest BCUT2D eigenvalue weighted by Gasteiger charge is -2.07. The summed E-state index contributed by atoms with van der Waals surface area (Å²) < 4.78 is 5.69. The Bertz CT molecular complexity index is 489. The van der Waals surface area contributed by atoms with E-state index in [1.165, 1.54) is 11.3 Å². The highest BCUT2D eigenvalue weighted by Gasteiger charge is 2.05. The Morgan fingerprint density at radius 2 is 2.24 bits per heavy atom. The molecule has 0 spiro atoms. The van der Waals surface area contributed by atoms with Crippen molar-refractivity contribution in [1.29, 1.82) is 0 Å². The van der Waals surface area contributed by atoms with Crippen LogP contribution in [0.1, 0.15) is 5.01 Å². The molecular formula is C10H12N4OS2. The van der Waals surface area contributed by atoms with Gasteiger partial charge in [0.1, 0.15) is 12.4 Å². The number of ether oxygens (including phenoxy) is 1. The second kappa shape index (κ2) is 5.85. The summed E-state index contributed by atoms with van der Waals surface area (Å²) in [4.78, 5) is 1.11. The Morgan fingerprint density at radius 3 is 2.94 bits per heavy atom. The van der Waals surface area contributed by atoms with Gasteiger partial charge in [0.2, 0.25) is 5.13 Å². The van der Waals surface area contributed by atoms with Crippen LogP contribution in [0.15, 0.2) is 29.2 Å². The van der Waals surface area contributed by atoms with Crippen molar-refractivity contribution >= 4 is 28.2 Å². The van der Waals surface area contributed by atoms with Crippen LogP contribution < -0.4 is 16.0 Å². The number of hydrazine groups is 1. The summed E-state index contributed by atoms with van der Waals surface area (Å²) in [6.07, 6.45) is 2.02. The van der Waals surface area contributed by atoms with Gasteiger partial charge in [-0.1, -0.05) is 23.5 Å². The molecule has 5 nitrogen and oxygen atoms in total. The average molecular weight is 268 g/mol. The first kappa shape index (κ1) is 12.2. The molecule has 0 bridgehead atoms. The highest BCUT2D eigenvalue weighted by atomic mass is 32.2. The SMILES string of the molecule is CSc1ccccc1OCc1nnc(NN)s1. The first-order valence-corrected chi connectivity index (χ1v) is 6.92. The number of nitrogens with one attached hydrogen (secondary N) is 1. The molecule has 0 aliphatic rings. The van der Waals surface area contributed by atoms with Crippen molar-refractivity contribution in [2.24, 2.45) is 5.84 Å². The van der Waals surface area contributed by atoms with E-state index in [4.69, 9.17) is 10.6 Å². The predicted octanol–water partition coefficient (Wildman–Crippen LogP) is 2.12. The van der Waals surface area contributed by atoms with Gasteiger partial charge >= 0.3 is 0 Å². The fraction of sp³-hybridized carbons (Fsp3) is 0.200. The summed E-state index contributed by atoms with van der Waals surface area (Å²) in [5.41, 5.74) is 2.45. The zero-order valence-corrected chi connectivity index (χ0v) is 10.8. The third-order valence-electron chi connectivity index (χ3n) is 2.01. The number of anilines is 1. The predicted molar refractivity (Wildman–Crippen MR) is 70.3 cm³/mol. The maximum atomic E-state index is 5.69. The largest absolute Gasteiger partial charge is 0.485 e. The monoisotopic (exact) mass is 268 g/mol. The van der Waals surface area contributed by atoms with Gasteiger partial charge in [-0.3, -0.25) is 5.43 Å². The third-order valence-corrected chi connectivity index (χ3v) is 3.62. The zero-order valence-electron chi connectivity index (χ0n) is 9.21. The lowest BCUT2D eigenvalue weighted by molar-refractivity contribution is 0.297. The first-order valence-electron chi connectivity index (χ1n) is 4.88. The molecule has 3 N–H and O–H groups in total. The Morgan fingerprint density at radius 1 is 1.41 bits per heavy atom. The molecule has 2 aromatic rings. The Hall–Kier alpha value is -1.31. The van der Waals surface area contributed by atoms with Crippen molar-refractivity contribution in [3.8, 4) is 5.75 Å². The molecule has 0 aliphatic heterocycles. The van der Waals surface area contributed by atoms with Gasteiger partial charge in [0, 0.05) is 4.90 Å². The van der Waals surface area contributed by atoms with Crippen LogP contribution in [0.25, 0.3) is 0 Å². The van der Waals surface area contributed by atoms with Crippen LogP contribution in [0, 0.1) is 0 Å². The molecule has 0 fully saturated rings. The molecule has 0 saturated heterocycles. The molecule has 90 valence electrons. The second-order valence-electron chi connectivity index (χ2n) is 3.08. The van der Waals surface area contributed by atoms with Gasteiger partial charge in [0.05, 0.1) is 0 Å². The number of para-hydroxylation sites is 1. The molecule has 17 heavy (non-hydrogen) atoms. The third kappa shape index (κ3) is 3.09. The van der Waals surface area contributed by atoms with Crippen LogP contribution in [0.4, 0.5) is 5.13 Å². The Labute approximate surface area is 107 Å². The van der Waals surface area contributed by atoms with Crippen LogP contribution in [0.5, 0.6) is 5.75 Å². The highest BCUT2D eigenvalue weighted by molar-refractivity contribution is 7.98. The van der Waals surface area contributed by atoms with E-state index >= 15 is 0 Å². The number of hydrogen-bond donors (Lipinski definition) is 2. The fourth-order valence-corrected chi connectivity index (χ4v) is 2.35. The number of nitrogens with zero attached hydrogens (tertiary/aromatic N) is 2. The Kier molecular flexibility index (Phi) is 4.18. The summed E-state index contributed by atoms with van der Waals surface area (Å²) in [7, 11) is 0. The van der Waals surface area contributed by atoms with E-state index < -0.39 is 0 Å². The summed E-state index contributed by atoms with van der Waals surface area (Å²) in [5.74, 6) is 6.09. The van der Waals surface area contributed by atoms with Gasteiger partial charge in [0.25, 0.3) is 0 Å². The second-order valence-corrected chi connectivity index (χ2v) is 4.99. The van der Waals surface area contributed by atoms with E-state index in [2.05, 4.69) is 15.6 Å². The molecule has 1 aromatic carbocycles. The summed E-state index contributed by atoms with van der Waals surface area (Å²) in [5, 5.41) is 9.16. The van der Waals surface area contributed by atoms with E-state index in [-0.39, 0.29) is 0 Å². The molecule has 1 aromatic heterocycles. The summed E-state index contributed by atoms with van der Waals surface area (Å²) >= 11 is 3.03. The van der Waals surface area contributed by atoms with E-state index in [0.29, 0.717) is 11.7 Å². The number of nitrogen functional groups attached to an aromatic ring is 1. The van der Waals surface area contributed by atoms with Crippen molar-refractivity contribution in [2.75, 3.05) is 11.7 Å². The van der Waals surface area contributed by atoms with E-state index in [0.717, 1.165) is 15.7 Å². The number of benzene rings is 1. The molecule has 7 heteroatoms. The summed E-state index contributed by atoms with van der Waals surface area (Å²) in [6, 6.07) is 7.89. The van der Waals surface area contributed by atoms with Crippen LogP contribution in [0.2, 0.25) is 0 Å². The average Bonchev–Trinajstić information content (AvgIpc) is 2.84. The molecule has 0 atom stereocenters. The van der Waals surface area contributed by atoms with Crippen molar-refractivity contribution < 1.29 is 4.74 Å². The first-order chi connectivity index (χ1) is 8.33. The minimum absolute atomic E-state index is 0.400. The molecule has 0 unspecified atom stereocenters. The van der Waals surface area contributed by atoms with Gasteiger partial charge in [-0.25, -0.2) is 5.84 Å². The van der Waals surface area contributed by atoms with E-state index in [1.807, 2.05) is 30.5 Å². The number of thioether (sulfide) groups is 1. The number of nitrogens with two attached hydrogens (primary N) is 1. The van der Waals surface area contributed by atoms with Crippen molar-refractivity contribution in [2.45, 2.75) is 11.5 Å². The molecule has 0 aliphatic carbocycles. The Balaban J connectivity index is 2.01. The van der Waals surface area contributed by atoms with Gasteiger partial charge in [-0.15, -0.1) is 22.0 Å². The topological polar surface area (TPSA) is 73.1 Å². The highest BCUT2D eigenvalue weighted by Crippen LogP contribution is 2.28. The minimum Gasteiger partial charge on any atom is -0.485 e. The number of aromatic nitrogens is 2. The van der Waals surface area contributed by atoms with Crippen molar-refractivity contribution in [1.82, 2.24) is 10.2 Å². The zero-order chi connectivity index (χ0) is 12.1. The molecular weight excluding hydrogens is 256 g/mol. The standard InChI is InChI=1S/C10H12N4OS2/c1-16-8-5-3-2-4-7(8)15-6-9-13-14-10(12-11)17-9/h2-5H,6,11H2,1H3,(H,12,14). The van der Waals surface area contributed by atoms with Gasteiger partial charge in [0.15, 0.2) is 5.01 Å². The van der Waals surface area contributed by atoms with Crippen LogP contribution >= 0.6 is 23.1 Å². The summed E-state index contributed by atoms with van der Waals surface area (Å²) in [6.45, 7) is 0.400. The lowest BCUT2D eigenvalue weighted by Crippen LogP contribution is -2.05. The van der Waals surface area contributed by atoms with Gasteiger partial charge in [-0.05, 0) is 18.4 Å². The van der Waals surface area contributed by atoms with Crippen molar-refractivity contribution in [3.63, 3.8) is 0 Å². The lowest BCUT2D eigenvalue weighted by atomic mass is 10.3. The molecule has 0 saturated carbocycles. The number of rotatable bonds is 5. The fourth-order valence-electron chi connectivity index (χ4n) is 1.25. The van der Waals surface area contributed by atoms with E-state index in [1.54, 1.807) is 11.8 Å². The molecule has 1 heterocycles. The van der Waals surface area contributed by atoms with Crippen LogP contribution in [-0.4, -0.2) is 16.5 Å². The smallest absolute Gasteiger partial charge is 0.219 e. The van der Waals surface area contributed by atoms with Crippen LogP contribution in [-0.2, 0) is 6.61 Å². The number of hydrogen-bond acceptors (Lipinski definition) is 7. The normalized spacial score (nSPS) is 10.2. The van der Waals surface area contributed by atoms with Gasteiger partial charge < -0.3 is 4.74 Å². The van der Waals surface area contributed by atoms with E-state index in [9.17, 15) is 0 Å². The molecule has 0 radical (unpaired) electrons. The van der Waals surface area contributed by atoms with Gasteiger partial charge in [-0.2, -0.15) is 0 Å². The molecule has 2 rings (SSSR count).